The lowest BCUT2D eigenvalue weighted by atomic mass is 9.59. The molecule has 2 heterocycles. The third-order valence-corrected chi connectivity index (χ3v) is 22.7. The number of rotatable bonds is 18. The molecule has 1 aliphatic heterocycles. The molecule has 5 atom stereocenters. The smallest absolute Gasteiger partial charge is 0.331 e. The van der Waals surface area contributed by atoms with Crippen LogP contribution in [0, 0.1) is 17.8 Å². The zero-order chi connectivity index (χ0) is 49.1. The maximum atomic E-state index is 13.9. The monoisotopic (exact) mass is 981 g/mol. The van der Waals surface area contributed by atoms with E-state index in [1.165, 1.54) is 23.8 Å². The highest BCUT2D eigenvalue weighted by Gasteiger charge is 2.55. The quantitative estimate of drug-likeness (QED) is 0.0765. The second-order valence-corrected chi connectivity index (χ2v) is 27.6. The summed E-state index contributed by atoms with van der Waals surface area (Å²) < 4.78 is 44.5. The highest BCUT2D eigenvalue weighted by atomic mass is 35.5. The SMILES string of the molecule is COC(=O)C1(Nc2cccc(Cl)c2)CCC2(CC1)c1cc3c(cc1C[C@@H]2C[C@@H](C)COc1ccnc2c1[C@H](C)CC[C@@H]2O[Si](C(C)C)(C(C)C)C(C)C)OCC(COCc1ccc(OC)cc1)CO3. The van der Waals surface area contributed by atoms with Gasteiger partial charge in [0.15, 0.2) is 11.5 Å². The van der Waals surface area contributed by atoms with Crippen LogP contribution in [0.2, 0.25) is 21.6 Å². The average Bonchev–Trinajstić information content (AvgIpc) is 3.45. The van der Waals surface area contributed by atoms with Crippen LogP contribution in [0.15, 0.2) is 72.9 Å². The van der Waals surface area contributed by atoms with E-state index in [2.05, 4.69) is 78.9 Å². The molecule has 1 unspecified atom stereocenters. The Hall–Kier alpha value is -4.29. The summed E-state index contributed by atoms with van der Waals surface area (Å²) in [7, 11) is 1.02. The molecule has 69 heavy (non-hydrogen) atoms. The average molecular weight is 982 g/mol. The van der Waals surface area contributed by atoms with Crippen molar-refractivity contribution >= 4 is 31.6 Å². The molecule has 10 nitrogen and oxygen atoms in total. The molecule has 1 N–H and O–H groups in total. The van der Waals surface area contributed by atoms with E-state index in [1.54, 1.807) is 7.11 Å². The molecule has 3 aromatic carbocycles. The van der Waals surface area contributed by atoms with Gasteiger partial charge in [0, 0.05) is 22.5 Å². The van der Waals surface area contributed by atoms with Crippen molar-refractivity contribution in [1.29, 1.82) is 0 Å². The predicted octanol–water partition coefficient (Wildman–Crippen LogP) is 13.6. The van der Waals surface area contributed by atoms with Gasteiger partial charge in [0.05, 0.1) is 65.0 Å². The standard InChI is InChI=1S/C57H77ClN2O8Si/c1-36(2)69(37(3)4,38(5)6)68-50-19-14-40(8)53-49(20-25-59-54(50)53)65-31-39(7)26-44-27-43-28-51-52(67-35-42(34-66-51)33-64-32-41-15-17-47(62-9)18-16-41)30-48(43)56(44)21-23-57(24-22-56,55(61)63-10)60-46-13-11-12-45(58)29-46/h11-13,15-18,20,25,28-30,36-40,42,44,50,60H,14,19,21-24,26-27,31-35H2,1-10H3/t39-,40-,42?,44+,50+,56?,57?/m1/s1. The number of benzene rings is 3. The van der Waals surface area contributed by atoms with Crippen LogP contribution < -0.4 is 24.3 Å². The second-order valence-electron chi connectivity index (χ2n) is 21.7. The number of aromatic nitrogens is 1. The molecule has 12 heteroatoms. The first kappa shape index (κ1) is 51.1. The number of anilines is 1. The number of carbonyl (C=O) groups is 1. The fraction of sp³-hybridized carbons (Fsp3) is 0.579. The van der Waals surface area contributed by atoms with Gasteiger partial charge >= 0.3 is 5.97 Å². The zero-order valence-corrected chi connectivity index (χ0v) is 44.6. The Morgan fingerprint density at radius 2 is 1.58 bits per heavy atom. The van der Waals surface area contributed by atoms with Gasteiger partial charge in [0.1, 0.15) is 17.0 Å². The number of fused-ring (bicyclic) bond motifs is 4. The van der Waals surface area contributed by atoms with Crippen LogP contribution in [0.5, 0.6) is 23.0 Å². The molecule has 1 fully saturated rings. The first-order valence-electron chi connectivity index (χ1n) is 25.7. The molecule has 3 aliphatic carbocycles. The van der Waals surface area contributed by atoms with E-state index in [4.69, 9.17) is 49.4 Å². The molecule has 374 valence electrons. The Kier molecular flexibility index (Phi) is 16.0. The first-order valence-corrected chi connectivity index (χ1v) is 28.2. The summed E-state index contributed by atoms with van der Waals surface area (Å²) in [6, 6.07) is 22.1. The molecule has 8 rings (SSSR count). The van der Waals surface area contributed by atoms with Crippen molar-refractivity contribution in [2.45, 2.75) is 153 Å². The Bertz CT molecular complexity index is 2360. The molecule has 0 saturated heterocycles. The lowest BCUT2D eigenvalue weighted by Crippen LogP contribution is -2.53. The maximum absolute atomic E-state index is 13.9. The van der Waals surface area contributed by atoms with Gasteiger partial charge in [0.2, 0.25) is 8.32 Å². The lowest BCUT2D eigenvalue weighted by Gasteiger charge is -2.47. The van der Waals surface area contributed by atoms with Crippen LogP contribution in [-0.2, 0) is 37.1 Å². The number of nitrogens with one attached hydrogen (secondary N) is 1. The predicted molar refractivity (Wildman–Crippen MR) is 277 cm³/mol. The minimum atomic E-state index is -2.14. The molecular formula is C57H77ClN2O8Si. The van der Waals surface area contributed by atoms with Crippen molar-refractivity contribution in [3.63, 3.8) is 0 Å². The van der Waals surface area contributed by atoms with Gasteiger partial charge in [-0.05, 0) is 156 Å². The number of ether oxygens (including phenoxy) is 6. The molecular weight excluding hydrogens is 904 g/mol. The number of carbonyl (C=O) groups excluding carboxylic acids is 1. The van der Waals surface area contributed by atoms with E-state index < -0.39 is 13.9 Å². The summed E-state index contributed by atoms with van der Waals surface area (Å²) in [6.07, 6.45) is 8.62. The molecule has 4 aliphatic rings. The third kappa shape index (κ3) is 10.5. The van der Waals surface area contributed by atoms with Crippen LogP contribution in [0.4, 0.5) is 5.69 Å². The fourth-order valence-electron chi connectivity index (χ4n) is 12.9. The largest absolute Gasteiger partial charge is 0.497 e. The van der Waals surface area contributed by atoms with E-state index in [1.807, 2.05) is 54.7 Å². The topological polar surface area (TPSA) is 107 Å². The normalized spacial score (nSPS) is 24.7. The second kappa shape index (κ2) is 21.6. The minimum Gasteiger partial charge on any atom is -0.497 e. The first-order chi connectivity index (χ1) is 33.1. The summed E-state index contributed by atoms with van der Waals surface area (Å²) in [6.45, 7) is 21.4. The zero-order valence-electron chi connectivity index (χ0n) is 42.8. The summed E-state index contributed by atoms with van der Waals surface area (Å²) in [5, 5.41) is 4.23. The minimum absolute atomic E-state index is 0.0166. The fourth-order valence-corrected chi connectivity index (χ4v) is 18.6. The molecule has 0 amide bonds. The van der Waals surface area contributed by atoms with E-state index in [-0.39, 0.29) is 29.3 Å². The van der Waals surface area contributed by atoms with E-state index in [9.17, 15) is 4.79 Å². The Morgan fingerprint density at radius 3 is 2.23 bits per heavy atom. The van der Waals surface area contributed by atoms with E-state index in [0.29, 0.717) is 79.4 Å². The van der Waals surface area contributed by atoms with Gasteiger partial charge in [-0.15, -0.1) is 0 Å². The van der Waals surface area contributed by atoms with Crippen molar-refractivity contribution in [1.82, 2.24) is 4.98 Å². The Morgan fingerprint density at radius 1 is 0.884 bits per heavy atom. The Balaban J connectivity index is 1.02. The summed E-state index contributed by atoms with van der Waals surface area (Å²) in [4.78, 5) is 18.9. The van der Waals surface area contributed by atoms with Crippen molar-refractivity contribution in [2.75, 3.05) is 46.0 Å². The van der Waals surface area contributed by atoms with Gasteiger partial charge in [-0.2, -0.15) is 0 Å². The molecule has 4 aromatic rings. The van der Waals surface area contributed by atoms with Gasteiger partial charge < -0.3 is 38.2 Å². The highest BCUT2D eigenvalue weighted by molar-refractivity contribution is 6.77. The number of esters is 1. The summed E-state index contributed by atoms with van der Waals surface area (Å²) in [5.74, 6) is 4.05. The maximum Gasteiger partial charge on any atom is 0.331 e. The molecule has 0 radical (unpaired) electrons. The van der Waals surface area contributed by atoms with Crippen molar-refractivity contribution in [3.8, 4) is 23.0 Å². The number of hydrogen-bond donors (Lipinski definition) is 1. The number of hydrogen-bond acceptors (Lipinski definition) is 10. The van der Waals surface area contributed by atoms with Crippen molar-refractivity contribution in [3.05, 3.63) is 106 Å². The molecule has 1 aromatic heterocycles. The third-order valence-electron chi connectivity index (χ3n) is 16.4. The van der Waals surface area contributed by atoms with Crippen LogP contribution >= 0.6 is 11.6 Å². The van der Waals surface area contributed by atoms with E-state index >= 15 is 0 Å². The van der Waals surface area contributed by atoms with Crippen molar-refractivity contribution < 1.29 is 37.6 Å². The highest BCUT2D eigenvalue weighted by Crippen LogP contribution is 2.58. The summed E-state index contributed by atoms with van der Waals surface area (Å²) in [5.41, 5.74) is 7.19. The van der Waals surface area contributed by atoms with Gasteiger partial charge in [-0.1, -0.05) is 85.2 Å². The van der Waals surface area contributed by atoms with Crippen LogP contribution in [0.1, 0.15) is 140 Å². The lowest BCUT2D eigenvalue weighted by molar-refractivity contribution is -0.148. The molecule has 1 spiro atoms. The van der Waals surface area contributed by atoms with Crippen LogP contribution in [0.3, 0.4) is 0 Å². The van der Waals surface area contributed by atoms with Gasteiger partial charge in [-0.25, -0.2) is 4.79 Å². The number of methoxy groups -OCH3 is 2. The number of halogens is 1. The van der Waals surface area contributed by atoms with Crippen LogP contribution in [0.25, 0.3) is 0 Å². The molecule has 0 bridgehead atoms. The van der Waals surface area contributed by atoms with Gasteiger partial charge in [-0.3, -0.25) is 4.98 Å². The van der Waals surface area contributed by atoms with Crippen LogP contribution in [-0.4, -0.2) is 65.5 Å². The van der Waals surface area contributed by atoms with Crippen molar-refractivity contribution in [2.24, 2.45) is 17.8 Å². The van der Waals surface area contributed by atoms with E-state index in [0.717, 1.165) is 78.5 Å². The number of pyridine rings is 1. The summed E-state index contributed by atoms with van der Waals surface area (Å²) >= 11 is 6.44. The number of nitrogens with zero attached hydrogens (tertiary/aromatic N) is 1. The molecule has 1 saturated carbocycles. The Labute approximate surface area is 418 Å². The van der Waals surface area contributed by atoms with Gasteiger partial charge in [0.25, 0.3) is 0 Å².